The summed E-state index contributed by atoms with van der Waals surface area (Å²) >= 11 is 0. The molecule has 0 spiro atoms. The Morgan fingerprint density at radius 3 is 2.44 bits per heavy atom. The monoisotopic (exact) mass is 498 g/mol. The number of carbonyl (C=O) groups excluding carboxylic acids is 1. The molecule has 1 amide bonds. The molecule has 3 fully saturated rings. The van der Waals surface area contributed by atoms with Crippen molar-refractivity contribution in [1.29, 1.82) is 0 Å². The maximum absolute atomic E-state index is 14.9. The summed E-state index contributed by atoms with van der Waals surface area (Å²) in [6, 6.07) is 8.80. The molecule has 0 aromatic heterocycles. The highest BCUT2D eigenvalue weighted by atomic mass is 19.1. The van der Waals surface area contributed by atoms with Crippen LogP contribution in [0.15, 0.2) is 36.4 Å². The predicted octanol–water partition coefficient (Wildman–Crippen LogP) is 5.12. The molecule has 5 nitrogen and oxygen atoms in total. The van der Waals surface area contributed by atoms with Crippen LogP contribution in [0, 0.1) is 23.0 Å². The van der Waals surface area contributed by atoms with Gasteiger partial charge in [0.2, 0.25) is 0 Å². The van der Waals surface area contributed by atoms with Gasteiger partial charge < -0.3 is 19.6 Å². The molecule has 1 aliphatic carbocycles. The van der Waals surface area contributed by atoms with Gasteiger partial charge in [-0.2, -0.15) is 0 Å². The number of aliphatic hydroxyl groups is 1. The Morgan fingerprint density at radius 2 is 1.83 bits per heavy atom. The molecule has 2 aromatic carbocycles. The van der Waals surface area contributed by atoms with Crippen molar-refractivity contribution in [2.24, 2.45) is 11.3 Å². The van der Waals surface area contributed by atoms with E-state index in [9.17, 15) is 18.7 Å². The molecule has 2 saturated heterocycles. The van der Waals surface area contributed by atoms with Gasteiger partial charge >= 0.3 is 0 Å². The number of nitrogens with zero attached hydrogens (tertiary/aromatic N) is 2. The number of carbonyl (C=O) groups is 1. The molecule has 1 atom stereocenters. The maximum Gasteiger partial charge on any atom is 0.256 e. The Bertz CT molecular complexity index is 1100. The first kappa shape index (κ1) is 25.2. The molecule has 2 aromatic rings. The lowest BCUT2D eigenvalue weighted by atomic mass is 9.70. The Labute approximate surface area is 212 Å². The van der Waals surface area contributed by atoms with E-state index in [0.29, 0.717) is 42.2 Å². The third kappa shape index (κ3) is 5.57. The van der Waals surface area contributed by atoms with Gasteiger partial charge in [-0.3, -0.25) is 4.79 Å². The number of halogens is 2. The molecule has 2 aliphatic heterocycles. The minimum Gasteiger partial charge on any atom is -0.493 e. The van der Waals surface area contributed by atoms with Gasteiger partial charge in [0.1, 0.15) is 17.4 Å². The van der Waals surface area contributed by atoms with Gasteiger partial charge in [0, 0.05) is 31.3 Å². The van der Waals surface area contributed by atoms with E-state index < -0.39 is 23.6 Å². The van der Waals surface area contributed by atoms with Crippen molar-refractivity contribution in [2.75, 3.05) is 39.3 Å². The third-order valence-electron chi connectivity index (χ3n) is 8.26. The quantitative estimate of drug-likeness (QED) is 0.576. The molecule has 1 saturated carbocycles. The van der Waals surface area contributed by atoms with Crippen molar-refractivity contribution >= 4 is 5.91 Å². The van der Waals surface area contributed by atoms with Crippen LogP contribution in [-0.4, -0.2) is 66.2 Å². The minimum atomic E-state index is -0.698. The van der Waals surface area contributed by atoms with Crippen LogP contribution in [0.3, 0.4) is 0 Å². The lowest BCUT2D eigenvalue weighted by Gasteiger charge is -2.44. The third-order valence-corrected chi connectivity index (χ3v) is 8.26. The second-order valence-electron chi connectivity index (χ2n) is 11.2. The van der Waals surface area contributed by atoms with Crippen molar-refractivity contribution in [1.82, 2.24) is 9.80 Å². The normalized spacial score (nSPS) is 22.4. The minimum absolute atomic E-state index is 0.0685. The van der Waals surface area contributed by atoms with Gasteiger partial charge in [0.05, 0.1) is 18.3 Å². The average Bonchev–Trinajstić information content (AvgIpc) is 3.28. The molecule has 5 rings (SSSR count). The van der Waals surface area contributed by atoms with Crippen molar-refractivity contribution in [3.05, 3.63) is 53.6 Å². The lowest BCUT2D eigenvalue weighted by molar-refractivity contribution is 0.0564. The number of β-amino-alcohol motifs (C(OH)–C–C–N with tert-alkyl or cyclic N) is 1. The van der Waals surface area contributed by atoms with E-state index in [0.717, 1.165) is 25.9 Å². The molecule has 0 radical (unpaired) electrons. The van der Waals surface area contributed by atoms with Crippen LogP contribution in [-0.2, 0) is 0 Å². The van der Waals surface area contributed by atoms with Crippen LogP contribution in [0.5, 0.6) is 5.75 Å². The van der Waals surface area contributed by atoms with Gasteiger partial charge in [-0.15, -0.1) is 0 Å². The second kappa shape index (κ2) is 10.5. The van der Waals surface area contributed by atoms with E-state index in [1.807, 2.05) is 0 Å². The summed E-state index contributed by atoms with van der Waals surface area (Å²) in [7, 11) is 0. The highest BCUT2D eigenvalue weighted by Gasteiger charge is 2.34. The second-order valence-corrected chi connectivity index (χ2v) is 11.2. The van der Waals surface area contributed by atoms with Crippen molar-refractivity contribution in [2.45, 2.75) is 51.6 Å². The highest BCUT2D eigenvalue weighted by Crippen LogP contribution is 2.41. The van der Waals surface area contributed by atoms with E-state index >= 15 is 0 Å². The molecule has 194 valence electrons. The first-order chi connectivity index (χ1) is 17.3. The average molecular weight is 499 g/mol. The summed E-state index contributed by atoms with van der Waals surface area (Å²) < 4.78 is 35.6. The van der Waals surface area contributed by atoms with Crippen molar-refractivity contribution < 1.29 is 23.4 Å². The molecular weight excluding hydrogens is 462 g/mol. The summed E-state index contributed by atoms with van der Waals surface area (Å²) in [5.74, 6) is -0.703. The van der Waals surface area contributed by atoms with Crippen LogP contribution >= 0.6 is 0 Å². The number of hydrogen-bond acceptors (Lipinski definition) is 4. The van der Waals surface area contributed by atoms with Gasteiger partial charge in [0.25, 0.3) is 5.91 Å². The smallest absolute Gasteiger partial charge is 0.256 e. The molecular formula is C29H36F2N2O3. The zero-order chi connectivity index (χ0) is 25.3. The number of rotatable bonds is 7. The van der Waals surface area contributed by atoms with Crippen LogP contribution < -0.4 is 4.74 Å². The SMILES string of the molecule is CC1(CN2CCC(COc3ccc(-c4ccc(C(=O)N5CC[C@H](O)C5)c(F)c4)c(F)c3)CC2)CCC1. The Balaban J connectivity index is 1.15. The number of ether oxygens (including phenoxy) is 1. The summed E-state index contributed by atoms with van der Waals surface area (Å²) in [6.07, 6.45) is 6.16. The Hall–Kier alpha value is -2.51. The summed E-state index contributed by atoms with van der Waals surface area (Å²) in [5.41, 5.74) is 1.07. The van der Waals surface area contributed by atoms with Crippen LogP contribution in [0.2, 0.25) is 0 Å². The molecule has 1 N–H and O–H groups in total. The van der Waals surface area contributed by atoms with Crippen LogP contribution in [0.25, 0.3) is 11.1 Å². The van der Waals surface area contributed by atoms with Gasteiger partial charge in [-0.1, -0.05) is 19.4 Å². The standard InChI is InChI=1S/C29H36F2N2O3/c1-29(10-2-11-29)19-32-12-7-20(8-13-32)18-36-23-4-6-24(27(31)16-23)21-3-5-25(26(30)15-21)28(35)33-14-9-22(34)17-33/h3-6,15-16,20,22,34H,2,7-14,17-19H2,1H3/t22-/m0/s1. The molecule has 3 aliphatic rings. The Kier molecular flexibility index (Phi) is 7.31. The highest BCUT2D eigenvalue weighted by molar-refractivity contribution is 5.95. The topological polar surface area (TPSA) is 53.0 Å². The van der Waals surface area contributed by atoms with E-state index in [-0.39, 0.29) is 17.7 Å². The first-order valence-corrected chi connectivity index (χ1v) is 13.2. The molecule has 0 bridgehead atoms. The van der Waals surface area contributed by atoms with Crippen molar-refractivity contribution in [3.63, 3.8) is 0 Å². The molecule has 36 heavy (non-hydrogen) atoms. The Morgan fingerprint density at radius 1 is 1.06 bits per heavy atom. The number of benzene rings is 2. The number of hydrogen-bond donors (Lipinski definition) is 1. The fourth-order valence-electron chi connectivity index (χ4n) is 5.78. The number of aliphatic hydroxyl groups excluding tert-OH is 1. The molecule has 0 unspecified atom stereocenters. The first-order valence-electron chi connectivity index (χ1n) is 13.2. The van der Waals surface area contributed by atoms with Gasteiger partial charge in [-0.05, 0) is 86.4 Å². The largest absolute Gasteiger partial charge is 0.493 e. The van der Waals surface area contributed by atoms with E-state index in [1.54, 1.807) is 18.2 Å². The summed E-state index contributed by atoms with van der Waals surface area (Å²) in [5, 5.41) is 9.64. The summed E-state index contributed by atoms with van der Waals surface area (Å²) in [4.78, 5) is 16.6. The number of amides is 1. The molecule has 7 heteroatoms. The lowest BCUT2D eigenvalue weighted by Crippen LogP contribution is -2.44. The van der Waals surface area contributed by atoms with E-state index in [2.05, 4.69) is 11.8 Å². The van der Waals surface area contributed by atoms with E-state index in [4.69, 9.17) is 4.74 Å². The number of likely N-dealkylation sites (tertiary alicyclic amines) is 2. The van der Waals surface area contributed by atoms with Gasteiger partial charge in [0.15, 0.2) is 0 Å². The van der Waals surface area contributed by atoms with Gasteiger partial charge in [-0.25, -0.2) is 8.78 Å². The predicted molar refractivity (Wildman–Crippen MR) is 135 cm³/mol. The zero-order valence-electron chi connectivity index (χ0n) is 21.0. The fraction of sp³-hybridized carbons (Fsp3) is 0.552. The van der Waals surface area contributed by atoms with E-state index in [1.165, 1.54) is 48.9 Å². The molecule has 2 heterocycles. The number of piperidine rings is 1. The van der Waals surface area contributed by atoms with Crippen LogP contribution in [0.4, 0.5) is 8.78 Å². The van der Waals surface area contributed by atoms with Crippen molar-refractivity contribution in [3.8, 4) is 16.9 Å². The van der Waals surface area contributed by atoms with Crippen LogP contribution in [0.1, 0.15) is 55.8 Å². The maximum atomic E-state index is 14.9. The summed E-state index contributed by atoms with van der Waals surface area (Å²) in [6.45, 7) is 6.96. The fourth-order valence-corrected chi connectivity index (χ4v) is 5.78. The zero-order valence-corrected chi connectivity index (χ0v) is 21.0.